The number of rotatable bonds is 0. The Morgan fingerprint density at radius 1 is 1.07 bits per heavy atom. The van der Waals surface area contributed by atoms with E-state index < -0.39 is 11.6 Å². The summed E-state index contributed by atoms with van der Waals surface area (Å²) in [5.74, 6) is -1.52. The van der Waals surface area contributed by atoms with Crippen LogP contribution in [0.5, 0.6) is 0 Å². The lowest BCUT2D eigenvalue weighted by Crippen LogP contribution is -2.04. The van der Waals surface area contributed by atoms with Crippen LogP contribution in [0.4, 0.5) is 8.78 Å². The number of hydrogen-bond donors (Lipinski definition) is 0. The van der Waals surface area contributed by atoms with Crippen LogP contribution in [0.2, 0.25) is 0 Å². The predicted molar refractivity (Wildman–Crippen MR) is 48.2 cm³/mol. The van der Waals surface area contributed by atoms with Gasteiger partial charge in [-0.25, -0.2) is 8.78 Å². The van der Waals surface area contributed by atoms with Crippen molar-refractivity contribution in [3.63, 3.8) is 0 Å². The van der Waals surface area contributed by atoms with Gasteiger partial charge in [-0.15, -0.1) is 0 Å². The fraction of sp³-hybridized carbons (Fsp3) is 0.364. The van der Waals surface area contributed by atoms with Gasteiger partial charge in [-0.05, 0) is 30.9 Å². The van der Waals surface area contributed by atoms with Crippen LogP contribution >= 0.6 is 0 Å². The quantitative estimate of drug-likeness (QED) is 0.583. The zero-order valence-corrected chi connectivity index (χ0v) is 7.65. The van der Waals surface area contributed by atoms with E-state index in [0.29, 0.717) is 18.4 Å². The third-order valence-electron chi connectivity index (χ3n) is 2.52. The van der Waals surface area contributed by atoms with Crippen molar-refractivity contribution < 1.29 is 13.6 Å². The van der Waals surface area contributed by atoms with Crippen molar-refractivity contribution in [2.24, 2.45) is 0 Å². The Hall–Kier alpha value is -1.25. The van der Waals surface area contributed by atoms with E-state index in [2.05, 4.69) is 0 Å². The van der Waals surface area contributed by atoms with E-state index in [1.165, 1.54) is 6.07 Å². The highest BCUT2D eigenvalue weighted by molar-refractivity contribution is 5.98. The molecule has 0 N–H and O–H groups in total. The highest BCUT2D eigenvalue weighted by atomic mass is 19.1. The molecule has 0 fully saturated rings. The minimum atomic E-state index is -0.716. The van der Waals surface area contributed by atoms with Gasteiger partial charge in [0.2, 0.25) is 0 Å². The molecule has 0 saturated heterocycles. The van der Waals surface area contributed by atoms with Gasteiger partial charge in [-0.1, -0.05) is 0 Å². The van der Waals surface area contributed by atoms with Gasteiger partial charge in [0.25, 0.3) is 0 Å². The molecule has 1 aromatic carbocycles. The number of benzene rings is 1. The van der Waals surface area contributed by atoms with Crippen molar-refractivity contribution in [2.75, 3.05) is 0 Å². The first-order valence-electron chi connectivity index (χ1n) is 4.69. The SMILES string of the molecule is O=C1CCCCc2cc(F)cc(F)c21. The molecule has 0 heterocycles. The summed E-state index contributed by atoms with van der Waals surface area (Å²) in [6, 6.07) is 2.05. The first kappa shape index (κ1) is 9.31. The summed E-state index contributed by atoms with van der Waals surface area (Å²) in [4.78, 5) is 11.5. The number of carbonyl (C=O) groups excluding carboxylic acids is 1. The first-order valence-corrected chi connectivity index (χ1v) is 4.69. The largest absolute Gasteiger partial charge is 0.294 e. The molecule has 1 aromatic rings. The van der Waals surface area contributed by atoms with Crippen molar-refractivity contribution >= 4 is 5.78 Å². The zero-order chi connectivity index (χ0) is 10.1. The standard InChI is InChI=1S/C11H10F2O/c12-8-5-7-3-1-2-4-10(14)11(7)9(13)6-8/h5-6H,1-4H2. The maximum atomic E-state index is 13.3. The molecule has 1 nitrogen and oxygen atoms in total. The summed E-state index contributed by atoms with van der Waals surface area (Å²) in [6.07, 6.45) is 2.54. The maximum Gasteiger partial charge on any atom is 0.166 e. The maximum absolute atomic E-state index is 13.3. The molecule has 0 radical (unpaired) electrons. The Labute approximate surface area is 80.7 Å². The third kappa shape index (κ3) is 1.54. The highest BCUT2D eigenvalue weighted by Gasteiger charge is 2.20. The van der Waals surface area contributed by atoms with Crippen LogP contribution in [0.3, 0.4) is 0 Å². The lowest BCUT2D eigenvalue weighted by atomic mass is 10.0. The van der Waals surface area contributed by atoms with Crippen molar-refractivity contribution in [2.45, 2.75) is 25.7 Å². The van der Waals surface area contributed by atoms with Crippen molar-refractivity contribution in [1.29, 1.82) is 0 Å². The molecule has 1 aliphatic carbocycles. The molecule has 14 heavy (non-hydrogen) atoms. The lowest BCUT2D eigenvalue weighted by molar-refractivity contribution is 0.0978. The summed E-state index contributed by atoms with van der Waals surface area (Å²) in [7, 11) is 0. The van der Waals surface area contributed by atoms with Crippen LogP contribution in [0, 0.1) is 11.6 Å². The van der Waals surface area contributed by atoms with E-state index in [-0.39, 0.29) is 11.3 Å². The molecule has 0 unspecified atom stereocenters. The molecule has 2 rings (SSSR count). The Kier molecular flexibility index (Phi) is 2.32. The van der Waals surface area contributed by atoms with Crippen LogP contribution < -0.4 is 0 Å². The highest BCUT2D eigenvalue weighted by Crippen LogP contribution is 2.24. The number of halogens is 2. The van der Waals surface area contributed by atoms with Crippen LogP contribution in [0.15, 0.2) is 12.1 Å². The van der Waals surface area contributed by atoms with Gasteiger partial charge >= 0.3 is 0 Å². The van der Waals surface area contributed by atoms with Crippen LogP contribution in [-0.2, 0) is 6.42 Å². The van der Waals surface area contributed by atoms with E-state index in [1.54, 1.807) is 0 Å². The second-order valence-electron chi connectivity index (χ2n) is 3.55. The topological polar surface area (TPSA) is 17.1 Å². The average Bonchev–Trinajstić information content (AvgIpc) is 2.27. The fourth-order valence-corrected chi connectivity index (χ4v) is 1.86. The predicted octanol–water partition coefficient (Wildman–Crippen LogP) is 2.87. The number of hydrogen-bond acceptors (Lipinski definition) is 1. The summed E-state index contributed by atoms with van der Waals surface area (Å²) >= 11 is 0. The van der Waals surface area contributed by atoms with Gasteiger partial charge in [0.15, 0.2) is 5.78 Å². The molecule has 0 aliphatic heterocycles. The number of carbonyl (C=O) groups is 1. The van der Waals surface area contributed by atoms with Crippen molar-refractivity contribution in [1.82, 2.24) is 0 Å². The Morgan fingerprint density at radius 2 is 1.79 bits per heavy atom. The number of fused-ring (bicyclic) bond motifs is 1. The van der Waals surface area contributed by atoms with Gasteiger partial charge in [0, 0.05) is 12.5 Å². The molecule has 0 bridgehead atoms. The molecular formula is C11H10F2O. The van der Waals surface area contributed by atoms with E-state index in [1.807, 2.05) is 0 Å². The molecule has 0 spiro atoms. The smallest absolute Gasteiger partial charge is 0.166 e. The Bertz CT molecular complexity index is 385. The van der Waals surface area contributed by atoms with Gasteiger partial charge < -0.3 is 0 Å². The second-order valence-corrected chi connectivity index (χ2v) is 3.55. The third-order valence-corrected chi connectivity index (χ3v) is 2.52. The first-order chi connectivity index (χ1) is 6.68. The van der Waals surface area contributed by atoms with E-state index in [9.17, 15) is 13.6 Å². The molecule has 0 aromatic heterocycles. The summed E-state index contributed by atoms with van der Waals surface area (Å²) in [5.41, 5.74) is 0.619. The number of Topliss-reactive ketones (excluding diaryl/α,β-unsaturated/α-hetero) is 1. The zero-order valence-electron chi connectivity index (χ0n) is 7.65. The van der Waals surface area contributed by atoms with Crippen LogP contribution in [-0.4, -0.2) is 5.78 Å². The van der Waals surface area contributed by atoms with Gasteiger partial charge in [-0.2, -0.15) is 0 Å². The number of aryl methyl sites for hydroxylation is 1. The fourth-order valence-electron chi connectivity index (χ4n) is 1.86. The van der Waals surface area contributed by atoms with Gasteiger partial charge in [0.05, 0.1) is 5.56 Å². The Morgan fingerprint density at radius 3 is 2.57 bits per heavy atom. The van der Waals surface area contributed by atoms with Gasteiger partial charge in [0.1, 0.15) is 11.6 Å². The van der Waals surface area contributed by atoms with Crippen LogP contribution in [0.1, 0.15) is 35.2 Å². The molecule has 0 atom stereocenters. The monoisotopic (exact) mass is 196 g/mol. The Balaban J connectivity index is 2.58. The molecule has 0 saturated carbocycles. The minimum Gasteiger partial charge on any atom is -0.294 e. The van der Waals surface area contributed by atoms with E-state index >= 15 is 0 Å². The lowest BCUT2D eigenvalue weighted by Gasteiger charge is -2.05. The van der Waals surface area contributed by atoms with Gasteiger partial charge in [-0.3, -0.25) is 4.79 Å². The van der Waals surface area contributed by atoms with Crippen molar-refractivity contribution in [3.05, 3.63) is 34.9 Å². The molecule has 0 amide bonds. The number of ketones is 1. The second kappa shape index (κ2) is 3.48. The molecular weight excluding hydrogens is 186 g/mol. The van der Waals surface area contributed by atoms with Crippen molar-refractivity contribution in [3.8, 4) is 0 Å². The molecule has 3 heteroatoms. The molecule has 1 aliphatic rings. The van der Waals surface area contributed by atoms with E-state index in [4.69, 9.17) is 0 Å². The normalized spacial score (nSPS) is 16.3. The average molecular weight is 196 g/mol. The van der Waals surface area contributed by atoms with Crippen LogP contribution in [0.25, 0.3) is 0 Å². The summed E-state index contributed by atoms with van der Waals surface area (Å²) < 4.78 is 26.2. The minimum absolute atomic E-state index is 0.101. The summed E-state index contributed by atoms with van der Waals surface area (Å²) in [5, 5.41) is 0. The van der Waals surface area contributed by atoms with E-state index in [0.717, 1.165) is 18.9 Å². The summed E-state index contributed by atoms with van der Waals surface area (Å²) in [6.45, 7) is 0. The molecule has 74 valence electrons.